The Kier molecular flexibility index (Phi) is 7.33. The van der Waals surface area contributed by atoms with Crippen molar-refractivity contribution in [1.82, 2.24) is 10.2 Å². The average molecular weight is 360 g/mol. The zero-order chi connectivity index (χ0) is 16.3. The molecule has 0 aliphatic carbocycles. The number of carbonyl (C=O) groups excluding carboxylic acids is 1. The zero-order valence-electron chi connectivity index (χ0n) is 14.0. The number of nitrogens with one attached hydrogen (secondary N) is 1. The van der Waals surface area contributed by atoms with Gasteiger partial charge in [0.2, 0.25) is 5.91 Å². The third-order valence-corrected chi connectivity index (χ3v) is 4.99. The first-order chi connectivity index (χ1) is 10.3. The molecule has 1 aliphatic rings. The Morgan fingerprint density at radius 3 is 2.52 bits per heavy atom. The van der Waals surface area contributed by atoms with Gasteiger partial charge in [0.25, 0.3) is 0 Å². The first kappa shape index (κ1) is 20.2. The van der Waals surface area contributed by atoms with E-state index in [4.69, 9.17) is 17.3 Å². The summed E-state index contributed by atoms with van der Waals surface area (Å²) >= 11 is 5.89. The summed E-state index contributed by atoms with van der Waals surface area (Å²) in [6.45, 7) is 8.62. The third-order valence-electron chi connectivity index (χ3n) is 4.74. The van der Waals surface area contributed by atoms with Crippen LogP contribution in [0.1, 0.15) is 38.8 Å². The predicted molar refractivity (Wildman–Crippen MR) is 98.1 cm³/mol. The topological polar surface area (TPSA) is 58.4 Å². The lowest BCUT2D eigenvalue weighted by atomic mass is 9.90. The summed E-state index contributed by atoms with van der Waals surface area (Å²) in [5.74, 6) is 0.0590. The summed E-state index contributed by atoms with van der Waals surface area (Å²) < 4.78 is 0. The Morgan fingerprint density at radius 1 is 1.39 bits per heavy atom. The molecule has 0 bridgehead atoms. The number of carbonyl (C=O) groups is 1. The van der Waals surface area contributed by atoms with E-state index in [1.54, 1.807) is 0 Å². The van der Waals surface area contributed by atoms with Gasteiger partial charge in [-0.3, -0.25) is 9.69 Å². The molecule has 0 radical (unpaired) electrons. The minimum absolute atomic E-state index is 0. The summed E-state index contributed by atoms with van der Waals surface area (Å²) in [4.78, 5) is 14.7. The second kappa shape index (κ2) is 8.34. The molecule has 3 N–H and O–H groups in total. The van der Waals surface area contributed by atoms with Gasteiger partial charge in [0.1, 0.15) is 0 Å². The fraction of sp³-hybridized carbons (Fsp3) is 0.588. The highest BCUT2D eigenvalue weighted by molar-refractivity contribution is 6.30. The van der Waals surface area contributed by atoms with Crippen molar-refractivity contribution in [2.75, 3.05) is 19.6 Å². The monoisotopic (exact) mass is 359 g/mol. The lowest BCUT2D eigenvalue weighted by Gasteiger charge is -2.27. The van der Waals surface area contributed by atoms with Crippen molar-refractivity contribution in [3.63, 3.8) is 0 Å². The molecule has 23 heavy (non-hydrogen) atoms. The summed E-state index contributed by atoms with van der Waals surface area (Å²) in [5.41, 5.74) is 7.03. The van der Waals surface area contributed by atoms with Crippen LogP contribution in [0.5, 0.6) is 0 Å². The van der Waals surface area contributed by atoms with E-state index in [-0.39, 0.29) is 35.8 Å². The maximum absolute atomic E-state index is 12.5. The van der Waals surface area contributed by atoms with Crippen molar-refractivity contribution >= 4 is 29.9 Å². The third kappa shape index (κ3) is 5.08. The maximum atomic E-state index is 12.5. The molecule has 2 rings (SSSR count). The molecular weight excluding hydrogens is 333 g/mol. The molecule has 3 unspecified atom stereocenters. The predicted octanol–water partition coefficient (Wildman–Crippen LogP) is 3.00. The minimum atomic E-state index is -0.136. The van der Waals surface area contributed by atoms with Gasteiger partial charge in [0.15, 0.2) is 0 Å². The summed E-state index contributed by atoms with van der Waals surface area (Å²) in [6, 6.07) is 7.41. The van der Waals surface area contributed by atoms with Crippen LogP contribution < -0.4 is 11.1 Å². The second-order valence-corrected chi connectivity index (χ2v) is 7.13. The van der Waals surface area contributed by atoms with Gasteiger partial charge in [-0.2, -0.15) is 0 Å². The van der Waals surface area contributed by atoms with E-state index in [0.29, 0.717) is 11.6 Å². The Hall–Kier alpha value is -0.810. The van der Waals surface area contributed by atoms with Crippen LogP contribution in [0.3, 0.4) is 0 Å². The Morgan fingerprint density at radius 2 is 2.00 bits per heavy atom. The average Bonchev–Trinajstić information content (AvgIpc) is 2.90. The second-order valence-electron chi connectivity index (χ2n) is 6.69. The van der Waals surface area contributed by atoms with Crippen LogP contribution in [-0.4, -0.2) is 36.5 Å². The molecule has 1 amide bonds. The number of benzene rings is 1. The highest BCUT2D eigenvalue weighted by Gasteiger charge is 2.36. The smallest absolute Gasteiger partial charge is 0.237 e. The van der Waals surface area contributed by atoms with Gasteiger partial charge < -0.3 is 11.1 Å². The van der Waals surface area contributed by atoms with Gasteiger partial charge in [0, 0.05) is 11.6 Å². The number of nitrogens with zero attached hydrogens (tertiary/aromatic N) is 1. The highest BCUT2D eigenvalue weighted by Crippen LogP contribution is 2.29. The number of hydrogen-bond donors (Lipinski definition) is 2. The first-order valence-electron chi connectivity index (χ1n) is 7.84. The maximum Gasteiger partial charge on any atom is 0.237 e. The zero-order valence-corrected chi connectivity index (χ0v) is 15.6. The van der Waals surface area contributed by atoms with Gasteiger partial charge in [0.05, 0.1) is 12.1 Å². The van der Waals surface area contributed by atoms with E-state index in [9.17, 15) is 4.79 Å². The van der Waals surface area contributed by atoms with E-state index >= 15 is 0 Å². The van der Waals surface area contributed by atoms with Gasteiger partial charge in [-0.1, -0.05) is 30.7 Å². The Bertz CT molecular complexity index is 523. The lowest BCUT2D eigenvalue weighted by molar-refractivity contribution is -0.126. The molecule has 1 heterocycles. The SMILES string of the molecule is CC(NC(=O)C(C)N1CCC(C)(CN)C1)c1ccc(Cl)cc1.Cl. The largest absolute Gasteiger partial charge is 0.348 e. The summed E-state index contributed by atoms with van der Waals surface area (Å²) in [5, 5.41) is 3.79. The molecule has 1 aromatic carbocycles. The molecule has 1 aromatic rings. The van der Waals surface area contributed by atoms with Crippen LogP contribution in [0.4, 0.5) is 0 Å². The van der Waals surface area contributed by atoms with Crippen molar-refractivity contribution in [3.05, 3.63) is 34.9 Å². The number of hydrogen-bond acceptors (Lipinski definition) is 3. The van der Waals surface area contributed by atoms with Crippen molar-refractivity contribution in [3.8, 4) is 0 Å². The standard InChI is InChI=1S/C17H26ClN3O.ClH/c1-12(14-4-6-15(18)7-5-14)20-16(22)13(2)21-9-8-17(3,10-19)11-21;/h4-7,12-13H,8-11,19H2,1-3H3,(H,20,22);1H. The molecule has 0 saturated carbocycles. The van der Waals surface area contributed by atoms with Crippen LogP contribution in [0.15, 0.2) is 24.3 Å². The van der Waals surface area contributed by atoms with Crippen LogP contribution in [0.25, 0.3) is 0 Å². The molecule has 6 heteroatoms. The van der Waals surface area contributed by atoms with E-state index in [0.717, 1.165) is 25.1 Å². The number of halogens is 2. The number of likely N-dealkylation sites (tertiary alicyclic amines) is 1. The van der Waals surface area contributed by atoms with Gasteiger partial charge in [-0.25, -0.2) is 0 Å². The fourth-order valence-electron chi connectivity index (χ4n) is 2.89. The van der Waals surface area contributed by atoms with Crippen molar-refractivity contribution in [2.45, 2.75) is 39.3 Å². The summed E-state index contributed by atoms with van der Waals surface area (Å²) in [7, 11) is 0. The Balaban J connectivity index is 0.00000264. The van der Waals surface area contributed by atoms with Crippen LogP contribution in [-0.2, 0) is 4.79 Å². The van der Waals surface area contributed by atoms with Crippen molar-refractivity contribution < 1.29 is 4.79 Å². The number of rotatable bonds is 5. The molecular formula is C17H27Cl2N3O. The van der Waals surface area contributed by atoms with Crippen molar-refractivity contribution in [2.24, 2.45) is 11.1 Å². The quantitative estimate of drug-likeness (QED) is 0.849. The molecule has 130 valence electrons. The van der Waals surface area contributed by atoms with Crippen LogP contribution in [0.2, 0.25) is 5.02 Å². The van der Waals surface area contributed by atoms with Gasteiger partial charge >= 0.3 is 0 Å². The molecule has 4 nitrogen and oxygen atoms in total. The number of nitrogens with two attached hydrogens (primary N) is 1. The normalized spacial score (nSPS) is 23.9. The van der Waals surface area contributed by atoms with Gasteiger partial charge in [-0.15, -0.1) is 12.4 Å². The highest BCUT2D eigenvalue weighted by atomic mass is 35.5. The van der Waals surface area contributed by atoms with Crippen molar-refractivity contribution in [1.29, 1.82) is 0 Å². The van der Waals surface area contributed by atoms with Gasteiger partial charge in [-0.05, 0) is 56.5 Å². The molecule has 1 saturated heterocycles. The van der Waals surface area contributed by atoms with Crippen LogP contribution >= 0.6 is 24.0 Å². The van der Waals surface area contributed by atoms with E-state index in [1.807, 2.05) is 38.1 Å². The Labute approximate surface area is 150 Å². The molecule has 1 fully saturated rings. The molecule has 0 spiro atoms. The lowest BCUT2D eigenvalue weighted by Crippen LogP contribution is -2.45. The first-order valence-corrected chi connectivity index (χ1v) is 8.22. The van der Waals surface area contributed by atoms with Crippen LogP contribution in [0, 0.1) is 5.41 Å². The number of amides is 1. The molecule has 1 aliphatic heterocycles. The molecule has 3 atom stereocenters. The van der Waals surface area contributed by atoms with E-state index in [2.05, 4.69) is 17.1 Å². The van der Waals surface area contributed by atoms with E-state index in [1.165, 1.54) is 0 Å². The van der Waals surface area contributed by atoms with E-state index < -0.39 is 0 Å². The minimum Gasteiger partial charge on any atom is -0.348 e. The summed E-state index contributed by atoms with van der Waals surface area (Å²) in [6.07, 6.45) is 1.05. The fourth-order valence-corrected chi connectivity index (χ4v) is 3.02. The molecule has 0 aromatic heterocycles.